The van der Waals surface area contributed by atoms with Gasteiger partial charge >= 0.3 is 0 Å². The molecule has 1 aliphatic heterocycles. The Kier molecular flexibility index (Phi) is 6.58. The third-order valence-corrected chi connectivity index (χ3v) is 4.41. The fourth-order valence-corrected chi connectivity index (χ4v) is 3.09. The molecule has 0 spiro atoms. The molecule has 8 nitrogen and oxygen atoms in total. The number of nitro groups is 1. The number of rotatable bonds is 7. The van der Waals surface area contributed by atoms with E-state index in [1.165, 1.54) is 24.3 Å². The van der Waals surface area contributed by atoms with E-state index in [1.54, 1.807) is 0 Å². The molecular formula is C21H23N3O5. The molecule has 0 unspecified atom stereocenters. The average molecular weight is 397 g/mol. The van der Waals surface area contributed by atoms with Gasteiger partial charge in [-0.3, -0.25) is 14.9 Å². The molecule has 0 radical (unpaired) electrons. The Morgan fingerprint density at radius 2 is 2.03 bits per heavy atom. The number of benzene rings is 2. The highest BCUT2D eigenvalue weighted by molar-refractivity contribution is 5.92. The molecule has 0 fully saturated rings. The normalized spacial score (nSPS) is 13.2. The van der Waals surface area contributed by atoms with Crippen molar-refractivity contribution >= 4 is 17.7 Å². The quantitative estimate of drug-likeness (QED) is 0.439. The van der Waals surface area contributed by atoms with E-state index in [4.69, 9.17) is 9.47 Å². The van der Waals surface area contributed by atoms with Gasteiger partial charge in [0, 0.05) is 42.4 Å². The Morgan fingerprint density at radius 3 is 2.76 bits per heavy atom. The van der Waals surface area contributed by atoms with Crippen LogP contribution in [-0.4, -0.2) is 36.6 Å². The highest BCUT2D eigenvalue weighted by atomic mass is 16.7. The van der Waals surface area contributed by atoms with E-state index in [0.29, 0.717) is 23.4 Å². The summed E-state index contributed by atoms with van der Waals surface area (Å²) in [5, 5.41) is 14.0. The number of nitro benzene ring substituents is 1. The zero-order valence-electron chi connectivity index (χ0n) is 16.4. The number of amides is 1. The van der Waals surface area contributed by atoms with Crippen molar-refractivity contribution in [1.82, 2.24) is 10.2 Å². The van der Waals surface area contributed by atoms with Crippen molar-refractivity contribution < 1.29 is 19.2 Å². The first-order chi connectivity index (χ1) is 13.9. The third-order valence-electron chi connectivity index (χ3n) is 4.41. The number of hydrogen-bond donors (Lipinski definition) is 1. The molecule has 0 saturated heterocycles. The minimum Gasteiger partial charge on any atom is -0.467 e. The van der Waals surface area contributed by atoms with Crippen LogP contribution in [0, 0.1) is 10.1 Å². The van der Waals surface area contributed by atoms with Gasteiger partial charge in [0.1, 0.15) is 5.75 Å². The molecule has 0 aliphatic carbocycles. The van der Waals surface area contributed by atoms with Crippen LogP contribution in [0.4, 0.5) is 5.69 Å². The third kappa shape index (κ3) is 5.40. The Bertz CT molecular complexity index is 940. The second-order valence-corrected chi connectivity index (χ2v) is 6.95. The molecule has 0 saturated carbocycles. The van der Waals surface area contributed by atoms with Crippen LogP contribution in [0.2, 0.25) is 0 Å². The summed E-state index contributed by atoms with van der Waals surface area (Å²) in [4.78, 5) is 25.1. The highest BCUT2D eigenvalue weighted by Gasteiger charge is 2.19. The summed E-state index contributed by atoms with van der Waals surface area (Å²) in [5.41, 5.74) is 3.17. The fraction of sp³-hybridized carbons (Fsp3) is 0.286. The van der Waals surface area contributed by atoms with Crippen molar-refractivity contribution in [3.8, 4) is 5.75 Å². The van der Waals surface area contributed by atoms with E-state index in [-0.39, 0.29) is 25.0 Å². The minimum atomic E-state index is -0.478. The molecule has 2 aromatic carbocycles. The zero-order chi connectivity index (χ0) is 20.8. The van der Waals surface area contributed by atoms with Gasteiger partial charge in [-0.05, 0) is 31.3 Å². The molecule has 29 heavy (non-hydrogen) atoms. The van der Waals surface area contributed by atoms with Crippen molar-refractivity contribution in [2.45, 2.75) is 19.7 Å². The van der Waals surface area contributed by atoms with Gasteiger partial charge in [-0.2, -0.15) is 0 Å². The highest BCUT2D eigenvalue weighted by Crippen LogP contribution is 2.33. The maximum Gasteiger partial charge on any atom is 0.270 e. The lowest BCUT2D eigenvalue weighted by atomic mass is 10.1. The first-order valence-electron chi connectivity index (χ1n) is 9.13. The molecule has 0 bridgehead atoms. The summed E-state index contributed by atoms with van der Waals surface area (Å²) >= 11 is 0. The van der Waals surface area contributed by atoms with Crippen molar-refractivity contribution in [1.29, 1.82) is 0 Å². The maximum absolute atomic E-state index is 12.3. The smallest absolute Gasteiger partial charge is 0.270 e. The number of fused-ring (bicyclic) bond motifs is 1. The number of carbonyl (C=O) groups is 1. The van der Waals surface area contributed by atoms with Crippen molar-refractivity contribution in [2.75, 3.05) is 20.9 Å². The lowest BCUT2D eigenvalue weighted by Gasteiger charge is -2.19. The molecule has 2 aromatic rings. The van der Waals surface area contributed by atoms with Gasteiger partial charge in [-0.1, -0.05) is 24.3 Å². The zero-order valence-corrected chi connectivity index (χ0v) is 16.4. The molecule has 152 valence electrons. The van der Waals surface area contributed by atoms with Gasteiger partial charge in [-0.15, -0.1) is 0 Å². The number of ether oxygens (including phenoxy) is 2. The van der Waals surface area contributed by atoms with E-state index in [1.807, 2.05) is 38.4 Å². The maximum atomic E-state index is 12.3. The van der Waals surface area contributed by atoms with Crippen LogP contribution in [-0.2, 0) is 29.2 Å². The summed E-state index contributed by atoms with van der Waals surface area (Å²) in [6.45, 7) is 1.47. The molecule has 1 heterocycles. The number of carbonyl (C=O) groups excluding carboxylic acids is 1. The predicted molar refractivity (Wildman–Crippen MR) is 108 cm³/mol. The van der Waals surface area contributed by atoms with E-state index in [9.17, 15) is 14.9 Å². The van der Waals surface area contributed by atoms with Crippen LogP contribution in [0.5, 0.6) is 5.75 Å². The first-order valence-corrected chi connectivity index (χ1v) is 9.13. The Hall–Kier alpha value is -3.23. The second kappa shape index (κ2) is 9.31. The molecule has 1 amide bonds. The summed E-state index contributed by atoms with van der Waals surface area (Å²) in [5.74, 6) is 0.208. The topological polar surface area (TPSA) is 93.9 Å². The number of nitrogens with one attached hydrogen (secondary N) is 1. The summed E-state index contributed by atoms with van der Waals surface area (Å²) in [7, 11) is 3.98. The van der Waals surface area contributed by atoms with Crippen LogP contribution in [0.1, 0.15) is 22.3 Å². The van der Waals surface area contributed by atoms with E-state index < -0.39 is 4.92 Å². The van der Waals surface area contributed by atoms with Crippen LogP contribution in [0.3, 0.4) is 0 Å². The second-order valence-electron chi connectivity index (χ2n) is 6.95. The monoisotopic (exact) mass is 397 g/mol. The van der Waals surface area contributed by atoms with Crippen LogP contribution < -0.4 is 10.1 Å². The standard InChI is InChI=1S/C21H23N3O5/c1-23(2)12-17-6-4-3-5-16(17)11-22-20(25)8-7-15-9-19(24(26)27)10-18-13-28-14-29-21(15)18/h3-10H,11-14H2,1-2H3,(H,22,25)/b8-7+. The average Bonchev–Trinajstić information content (AvgIpc) is 2.70. The SMILES string of the molecule is CN(C)Cc1ccccc1CNC(=O)/C=C/c1cc([N+](=O)[O-])cc2c1OCOC2. The molecule has 1 aliphatic rings. The van der Waals surface area contributed by atoms with Gasteiger partial charge in [0.25, 0.3) is 5.69 Å². The van der Waals surface area contributed by atoms with Gasteiger partial charge < -0.3 is 19.7 Å². The van der Waals surface area contributed by atoms with E-state index >= 15 is 0 Å². The van der Waals surface area contributed by atoms with Gasteiger partial charge in [0.15, 0.2) is 6.79 Å². The Morgan fingerprint density at radius 1 is 1.28 bits per heavy atom. The first kappa shape index (κ1) is 20.5. The van der Waals surface area contributed by atoms with Gasteiger partial charge in [-0.25, -0.2) is 0 Å². The summed E-state index contributed by atoms with van der Waals surface area (Å²) in [6, 6.07) is 10.7. The lowest BCUT2D eigenvalue weighted by molar-refractivity contribution is -0.385. The van der Waals surface area contributed by atoms with Crippen LogP contribution in [0.25, 0.3) is 6.08 Å². The minimum absolute atomic E-state index is 0.0699. The number of hydrogen-bond acceptors (Lipinski definition) is 6. The molecule has 0 aromatic heterocycles. The van der Waals surface area contributed by atoms with Crippen molar-refractivity contribution in [2.24, 2.45) is 0 Å². The van der Waals surface area contributed by atoms with Crippen LogP contribution in [0.15, 0.2) is 42.5 Å². The van der Waals surface area contributed by atoms with E-state index in [2.05, 4.69) is 10.2 Å². The van der Waals surface area contributed by atoms with Gasteiger partial charge in [0.05, 0.1) is 11.5 Å². The van der Waals surface area contributed by atoms with Gasteiger partial charge in [0.2, 0.25) is 5.91 Å². The molecule has 1 N–H and O–H groups in total. The molecule has 3 rings (SSSR count). The Labute approximate surface area is 168 Å². The predicted octanol–water partition coefficient (Wildman–Crippen LogP) is 2.85. The largest absolute Gasteiger partial charge is 0.467 e. The number of non-ortho nitro benzene ring substituents is 1. The summed E-state index contributed by atoms with van der Waals surface area (Å²) in [6.07, 6.45) is 2.88. The van der Waals surface area contributed by atoms with Crippen molar-refractivity contribution in [3.05, 3.63) is 74.8 Å². The molecule has 0 atom stereocenters. The molecular weight excluding hydrogens is 374 g/mol. The van der Waals surface area contributed by atoms with Crippen molar-refractivity contribution in [3.63, 3.8) is 0 Å². The summed E-state index contributed by atoms with van der Waals surface area (Å²) < 4.78 is 10.7. The Balaban J connectivity index is 1.72. The molecule has 8 heteroatoms. The van der Waals surface area contributed by atoms with Crippen LogP contribution >= 0.6 is 0 Å². The number of nitrogens with zero attached hydrogens (tertiary/aromatic N) is 2. The fourth-order valence-electron chi connectivity index (χ4n) is 3.09. The lowest BCUT2D eigenvalue weighted by Crippen LogP contribution is -2.22. The van der Waals surface area contributed by atoms with E-state index in [0.717, 1.165) is 17.7 Å².